The smallest absolute Gasteiger partial charge is 0.257 e. The van der Waals surface area contributed by atoms with Crippen molar-refractivity contribution in [3.05, 3.63) is 22.9 Å². The van der Waals surface area contributed by atoms with Crippen LogP contribution < -0.4 is 0 Å². The Morgan fingerprint density at radius 1 is 1.46 bits per heavy atom. The molecule has 2 aromatic heterocycles. The summed E-state index contributed by atoms with van der Waals surface area (Å²) >= 11 is 1.33. The summed E-state index contributed by atoms with van der Waals surface area (Å²) in [5.74, 6) is 0.992. The second-order valence-electron chi connectivity index (χ2n) is 2.45. The molecular weight excluding hydrogens is 188 g/mol. The number of aldehydes is 1. The van der Waals surface area contributed by atoms with Crippen LogP contribution >= 0.6 is 11.3 Å². The first-order valence-electron chi connectivity index (χ1n) is 3.65. The molecule has 4 nitrogen and oxygen atoms in total. The lowest BCUT2D eigenvalue weighted by Crippen LogP contribution is -1.70. The van der Waals surface area contributed by atoms with Crippen molar-refractivity contribution in [2.75, 3.05) is 0 Å². The van der Waals surface area contributed by atoms with Gasteiger partial charge in [0.2, 0.25) is 5.89 Å². The topological polar surface area (TPSA) is 56.0 Å². The molecule has 0 saturated carbocycles. The third-order valence-electron chi connectivity index (χ3n) is 1.48. The van der Waals surface area contributed by atoms with Crippen LogP contribution in [0.1, 0.15) is 15.6 Å². The molecule has 2 heterocycles. The van der Waals surface area contributed by atoms with E-state index in [1.807, 2.05) is 0 Å². The number of carbonyl (C=O) groups excluding carboxylic acids is 1. The summed E-state index contributed by atoms with van der Waals surface area (Å²) in [6.07, 6.45) is 0.803. The molecule has 0 aliphatic heterocycles. The second-order valence-corrected chi connectivity index (χ2v) is 3.56. The molecule has 66 valence electrons. The molecule has 0 aliphatic rings. The molecule has 13 heavy (non-hydrogen) atoms. The van der Waals surface area contributed by atoms with Crippen LogP contribution in [0.5, 0.6) is 0 Å². The molecule has 5 heteroatoms. The van der Waals surface area contributed by atoms with Gasteiger partial charge in [-0.05, 0) is 12.1 Å². The lowest BCUT2D eigenvalue weighted by molar-refractivity contribution is 0.112. The Balaban J connectivity index is 2.40. The third-order valence-corrected chi connectivity index (χ3v) is 2.48. The van der Waals surface area contributed by atoms with Gasteiger partial charge in [-0.25, -0.2) is 0 Å². The van der Waals surface area contributed by atoms with Crippen LogP contribution in [0.2, 0.25) is 0 Å². The van der Waals surface area contributed by atoms with E-state index in [9.17, 15) is 4.79 Å². The highest BCUT2D eigenvalue weighted by atomic mass is 32.1. The number of aromatic nitrogens is 2. The van der Waals surface area contributed by atoms with E-state index in [2.05, 4.69) is 10.2 Å². The van der Waals surface area contributed by atoms with Crippen LogP contribution in [-0.2, 0) is 0 Å². The summed E-state index contributed by atoms with van der Waals surface area (Å²) < 4.78 is 5.20. The number of nitrogens with zero attached hydrogens (tertiary/aromatic N) is 2. The van der Waals surface area contributed by atoms with Crippen molar-refractivity contribution in [2.45, 2.75) is 6.92 Å². The molecule has 0 amide bonds. The molecule has 0 spiro atoms. The minimum Gasteiger partial charge on any atom is -0.420 e. The predicted molar refractivity (Wildman–Crippen MR) is 47.7 cm³/mol. The van der Waals surface area contributed by atoms with Gasteiger partial charge < -0.3 is 4.42 Å². The summed E-state index contributed by atoms with van der Waals surface area (Å²) in [6.45, 7) is 1.73. The van der Waals surface area contributed by atoms with Crippen LogP contribution in [0.3, 0.4) is 0 Å². The fourth-order valence-electron chi connectivity index (χ4n) is 0.927. The van der Waals surface area contributed by atoms with Gasteiger partial charge in [-0.3, -0.25) is 4.79 Å². The molecule has 2 rings (SSSR count). The van der Waals surface area contributed by atoms with Gasteiger partial charge in [0.05, 0.1) is 9.75 Å². The van der Waals surface area contributed by atoms with Gasteiger partial charge in [-0.1, -0.05) is 0 Å². The number of hydrogen-bond acceptors (Lipinski definition) is 5. The minimum atomic E-state index is 0.468. The Bertz CT molecular complexity index is 433. The zero-order chi connectivity index (χ0) is 9.26. The van der Waals surface area contributed by atoms with Crippen LogP contribution in [0, 0.1) is 6.92 Å². The summed E-state index contributed by atoms with van der Waals surface area (Å²) in [5, 5.41) is 7.54. The van der Waals surface area contributed by atoms with Crippen molar-refractivity contribution in [3.8, 4) is 10.8 Å². The molecule has 0 aliphatic carbocycles. The highest BCUT2D eigenvalue weighted by Crippen LogP contribution is 2.25. The van der Waals surface area contributed by atoms with Crippen molar-refractivity contribution < 1.29 is 9.21 Å². The number of thiophene rings is 1. The van der Waals surface area contributed by atoms with E-state index in [1.54, 1.807) is 19.1 Å². The van der Waals surface area contributed by atoms with E-state index in [4.69, 9.17) is 4.42 Å². The van der Waals surface area contributed by atoms with Gasteiger partial charge in [-0.15, -0.1) is 21.5 Å². The fraction of sp³-hybridized carbons (Fsp3) is 0.125. The van der Waals surface area contributed by atoms with E-state index in [1.165, 1.54) is 11.3 Å². The quantitative estimate of drug-likeness (QED) is 0.685. The minimum absolute atomic E-state index is 0.468. The van der Waals surface area contributed by atoms with Gasteiger partial charge in [0.25, 0.3) is 5.89 Å². The van der Waals surface area contributed by atoms with Crippen molar-refractivity contribution in [1.82, 2.24) is 10.2 Å². The molecule has 0 radical (unpaired) electrons. The highest BCUT2D eigenvalue weighted by Gasteiger charge is 2.08. The summed E-state index contributed by atoms with van der Waals surface area (Å²) in [7, 11) is 0. The Hall–Kier alpha value is -1.49. The molecule has 0 unspecified atom stereocenters. The van der Waals surface area contributed by atoms with Crippen molar-refractivity contribution in [3.63, 3.8) is 0 Å². The monoisotopic (exact) mass is 194 g/mol. The molecule has 0 fully saturated rings. The third kappa shape index (κ3) is 1.50. The van der Waals surface area contributed by atoms with E-state index in [0.29, 0.717) is 16.7 Å². The maximum Gasteiger partial charge on any atom is 0.257 e. The maximum absolute atomic E-state index is 10.4. The molecule has 2 aromatic rings. The largest absolute Gasteiger partial charge is 0.420 e. The molecule has 0 saturated heterocycles. The van der Waals surface area contributed by atoms with Crippen molar-refractivity contribution in [2.24, 2.45) is 0 Å². The second kappa shape index (κ2) is 3.10. The fourth-order valence-corrected chi connectivity index (χ4v) is 1.67. The Morgan fingerprint density at radius 3 is 2.85 bits per heavy atom. The Labute approximate surface area is 78.2 Å². The molecule has 0 aromatic carbocycles. The van der Waals surface area contributed by atoms with Crippen LogP contribution in [0.25, 0.3) is 10.8 Å². The lowest BCUT2D eigenvalue weighted by atomic mass is 10.4. The van der Waals surface area contributed by atoms with Crippen LogP contribution in [0.4, 0.5) is 0 Å². The van der Waals surface area contributed by atoms with Crippen LogP contribution in [-0.4, -0.2) is 16.5 Å². The number of hydrogen-bond donors (Lipinski definition) is 0. The van der Waals surface area contributed by atoms with E-state index in [-0.39, 0.29) is 0 Å². The number of aryl methyl sites for hydroxylation is 1. The SMILES string of the molecule is Cc1nnc(-c2ccc(C=O)s2)o1. The van der Waals surface area contributed by atoms with E-state index in [0.717, 1.165) is 11.2 Å². The lowest BCUT2D eigenvalue weighted by Gasteiger charge is -1.83. The average Bonchev–Trinajstić information content (AvgIpc) is 2.71. The van der Waals surface area contributed by atoms with Gasteiger partial charge in [0.1, 0.15) is 0 Å². The highest BCUT2D eigenvalue weighted by molar-refractivity contribution is 7.16. The van der Waals surface area contributed by atoms with Crippen molar-refractivity contribution >= 4 is 17.6 Å². The van der Waals surface area contributed by atoms with Crippen LogP contribution in [0.15, 0.2) is 16.5 Å². The summed E-state index contributed by atoms with van der Waals surface area (Å²) in [5.41, 5.74) is 0. The first-order chi connectivity index (χ1) is 6.29. The maximum atomic E-state index is 10.4. The van der Waals surface area contributed by atoms with Crippen molar-refractivity contribution in [1.29, 1.82) is 0 Å². The summed E-state index contributed by atoms with van der Waals surface area (Å²) in [4.78, 5) is 11.9. The zero-order valence-corrected chi connectivity index (χ0v) is 7.67. The van der Waals surface area contributed by atoms with E-state index < -0.39 is 0 Å². The Morgan fingerprint density at radius 2 is 2.31 bits per heavy atom. The standard InChI is InChI=1S/C8H6N2O2S/c1-5-9-10-8(12-5)7-3-2-6(4-11)13-7/h2-4H,1H3. The predicted octanol–water partition coefficient (Wildman–Crippen LogP) is 1.92. The van der Waals surface area contributed by atoms with E-state index >= 15 is 0 Å². The van der Waals surface area contributed by atoms with Gasteiger partial charge in [-0.2, -0.15) is 0 Å². The summed E-state index contributed by atoms with van der Waals surface area (Å²) in [6, 6.07) is 3.52. The zero-order valence-electron chi connectivity index (χ0n) is 6.85. The molecule has 0 N–H and O–H groups in total. The first kappa shape index (κ1) is 8.12. The van der Waals surface area contributed by atoms with Gasteiger partial charge in [0, 0.05) is 6.92 Å². The number of carbonyl (C=O) groups is 1. The Kier molecular flexibility index (Phi) is 1.94. The number of rotatable bonds is 2. The molecule has 0 bridgehead atoms. The normalized spacial score (nSPS) is 10.2. The average molecular weight is 194 g/mol. The first-order valence-corrected chi connectivity index (χ1v) is 4.47. The van der Waals surface area contributed by atoms with Gasteiger partial charge in [0.15, 0.2) is 6.29 Å². The molecular formula is C8H6N2O2S. The van der Waals surface area contributed by atoms with Gasteiger partial charge >= 0.3 is 0 Å². The molecule has 0 atom stereocenters.